The first-order chi connectivity index (χ1) is 6.26. The number of carbonyl (C=O) groups is 1. The van der Waals surface area contributed by atoms with Crippen LogP contribution in [0.3, 0.4) is 0 Å². The van der Waals surface area contributed by atoms with Gasteiger partial charge in [-0.2, -0.15) is 0 Å². The molecule has 1 rings (SSSR count). The van der Waals surface area contributed by atoms with Crippen LogP contribution in [0.15, 0.2) is 16.0 Å². The van der Waals surface area contributed by atoms with Crippen LogP contribution in [0, 0.1) is 0 Å². The lowest BCUT2D eigenvalue weighted by Gasteiger charge is -2.21. The number of nitrogens with zero attached hydrogens (tertiary/aromatic N) is 2. The highest BCUT2D eigenvalue weighted by Crippen LogP contribution is 2.21. The fourth-order valence-corrected chi connectivity index (χ4v) is 2.08. The van der Waals surface area contributed by atoms with Crippen LogP contribution >= 0.6 is 11.8 Å². The maximum absolute atomic E-state index is 10.5. The standard InChI is InChI=1S/C9H14N2OS/c1-10-9(7-12)13-8-4-3-5-11(2)6-8/h4,7H,3,5-6H2,1-2H3/b10-9-. The number of aliphatic imine (C=N–C) groups is 1. The number of likely N-dealkylation sites (N-methyl/N-ethyl adjacent to an activating group) is 1. The molecule has 4 heteroatoms. The molecule has 0 atom stereocenters. The minimum atomic E-state index is 0.557. The molecule has 3 nitrogen and oxygen atoms in total. The Labute approximate surface area is 82.9 Å². The molecule has 1 aliphatic rings. The van der Waals surface area contributed by atoms with Gasteiger partial charge in [0.1, 0.15) is 5.04 Å². The van der Waals surface area contributed by atoms with E-state index in [1.54, 1.807) is 7.05 Å². The van der Waals surface area contributed by atoms with E-state index in [9.17, 15) is 4.79 Å². The van der Waals surface area contributed by atoms with Crippen molar-refractivity contribution in [3.63, 3.8) is 0 Å². The third kappa shape index (κ3) is 3.32. The Hall–Kier alpha value is -0.610. The summed E-state index contributed by atoms with van der Waals surface area (Å²) in [6, 6.07) is 0. The highest BCUT2D eigenvalue weighted by Gasteiger charge is 2.10. The van der Waals surface area contributed by atoms with E-state index in [0.717, 1.165) is 25.8 Å². The van der Waals surface area contributed by atoms with Crippen LogP contribution in [0.2, 0.25) is 0 Å². The summed E-state index contributed by atoms with van der Waals surface area (Å²) in [7, 11) is 3.72. The Bertz CT molecular complexity index is 248. The van der Waals surface area contributed by atoms with Crippen LogP contribution < -0.4 is 0 Å². The number of thioether (sulfide) groups is 1. The van der Waals surface area contributed by atoms with Crippen molar-refractivity contribution in [1.29, 1.82) is 0 Å². The van der Waals surface area contributed by atoms with Crippen molar-refractivity contribution in [2.45, 2.75) is 6.42 Å². The SMILES string of the molecule is C/N=C(/C=O)SC1=CCCN(C)C1. The second kappa shape index (κ2) is 5.19. The van der Waals surface area contributed by atoms with E-state index in [2.05, 4.69) is 23.0 Å². The summed E-state index contributed by atoms with van der Waals surface area (Å²) >= 11 is 1.47. The second-order valence-electron chi connectivity index (χ2n) is 2.98. The van der Waals surface area contributed by atoms with Crippen LogP contribution in [0.1, 0.15) is 6.42 Å². The summed E-state index contributed by atoms with van der Waals surface area (Å²) in [6.45, 7) is 2.03. The van der Waals surface area contributed by atoms with Gasteiger partial charge in [0.25, 0.3) is 0 Å². The second-order valence-corrected chi connectivity index (χ2v) is 4.13. The van der Waals surface area contributed by atoms with Gasteiger partial charge >= 0.3 is 0 Å². The highest BCUT2D eigenvalue weighted by molar-refractivity contribution is 8.18. The monoisotopic (exact) mass is 198 g/mol. The molecule has 0 unspecified atom stereocenters. The lowest BCUT2D eigenvalue weighted by atomic mass is 10.3. The molecule has 72 valence electrons. The number of carbonyl (C=O) groups excluding carboxylic acids is 1. The van der Waals surface area contributed by atoms with Gasteiger partial charge in [0.05, 0.1) is 0 Å². The molecule has 13 heavy (non-hydrogen) atoms. The summed E-state index contributed by atoms with van der Waals surface area (Å²) in [6.07, 6.45) is 4.05. The zero-order valence-electron chi connectivity index (χ0n) is 7.99. The first-order valence-corrected chi connectivity index (χ1v) is 5.05. The van der Waals surface area contributed by atoms with Gasteiger partial charge in [0.15, 0.2) is 6.29 Å². The van der Waals surface area contributed by atoms with Crippen molar-refractivity contribution in [2.24, 2.45) is 4.99 Å². The molecule has 0 spiro atoms. The maximum atomic E-state index is 10.5. The van der Waals surface area contributed by atoms with E-state index < -0.39 is 0 Å². The molecule has 0 fully saturated rings. The van der Waals surface area contributed by atoms with E-state index >= 15 is 0 Å². The van der Waals surface area contributed by atoms with Crippen molar-refractivity contribution in [2.75, 3.05) is 27.2 Å². The lowest BCUT2D eigenvalue weighted by Crippen LogP contribution is -2.25. The minimum absolute atomic E-state index is 0.557. The molecule has 0 saturated carbocycles. The average molecular weight is 198 g/mol. The van der Waals surface area contributed by atoms with Gasteiger partial charge in [-0.1, -0.05) is 17.8 Å². The van der Waals surface area contributed by atoms with Crippen molar-refractivity contribution in [3.8, 4) is 0 Å². The molecular formula is C9H14N2OS. The molecule has 1 heterocycles. The summed E-state index contributed by atoms with van der Waals surface area (Å²) in [5, 5.41) is 0.557. The molecule has 0 bridgehead atoms. The molecule has 0 aromatic rings. The van der Waals surface area contributed by atoms with Crippen LogP contribution in [0.25, 0.3) is 0 Å². The Morgan fingerprint density at radius 2 is 2.54 bits per heavy atom. The van der Waals surface area contributed by atoms with Crippen LogP contribution in [-0.2, 0) is 4.79 Å². The normalized spacial score (nSPS) is 19.8. The Morgan fingerprint density at radius 3 is 3.08 bits per heavy atom. The van der Waals surface area contributed by atoms with Gasteiger partial charge in [-0.05, 0) is 13.5 Å². The minimum Gasteiger partial charge on any atom is -0.301 e. The summed E-state index contributed by atoms with van der Waals surface area (Å²) in [5.74, 6) is 0. The largest absolute Gasteiger partial charge is 0.301 e. The number of aldehydes is 1. The van der Waals surface area contributed by atoms with E-state index in [-0.39, 0.29) is 0 Å². The molecule has 0 radical (unpaired) electrons. The topological polar surface area (TPSA) is 32.7 Å². The fraction of sp³-hybridized carbons (Fsp3) is 0.556. The molecule has 0 aliphatic carbocycles. The lowest BCUT2D eigenvalue weighted by molar-refractivity contribution is -0.102. The third-order valence-electron chi connectivity index (χ3n) is 1.87. The molecule has 0 saturated heterocycles. The van der Waals surface area contributed by atoms with Gasteiger partial charge in [0, 0.05) is 25.0 Å². The van der Waals surface area contributed by atoms with E-state index in [0.29, 0.717) is 5.04 Å². The number of rotatable bonds is 2. The van der Waals surface area contributed by atoms with Crippen LogP contribution in [0.5, 0.6) is 0 Å². The first-order valence-electron chi connectivity index (χ1n) is 4.23. The van der Waals surface area contributed by atoms with E-state index in [1.807, 2.05) is 0 Å². The molecule has 0 aromatic heterocycles. The summed E-state index contributed by atoms with van der Waals surface area (Å²) in [4.78, 5) is 17.8. The van der Waals surface area contributed by atoms with Crippen LogP contribution in [0.4, 0.5) is 0 Å². The Balaban J connectivity index is 2.53. The van der Waals surface area contributed by atoms with Gasteiger partial charge < -0.3 is 4.90 Å². The van der Waals surface area contributed by atoms with Gasteiger partial charge in [0.2, 0.25) is 0 Å². The van der Waals surface area contributed by atoms with E-state index in [1.165, 1.54) is 16.7 Å². The smallest absolute Gasteiger partial charge is 0.174 e. The third-order valence-corrected chi connectivity index (χ3v) is 2.91. The fourth-order valence-electron chi connectivity index (χ4n) is 1.19. The first kappa shape index (κ1) is 10.5. The summed E-state index contributed by atoms with van der Waals surface area (Å²) in [5.41, 5.74) is 0. The van der Waals surface area contributed by atoms with Crippen molar-refractivity contribution >= 4 is 23.1 Å². The molecule has 0 N–H and O–H groups in total. The number of hydrogen-bond acceptors (Lipinski definition) is 4. The van der Waals surface area contributed by atoms with Gasteiger partial charge in [-0.25, -0.2) is 0 Å². The zero-order chi connectivity index (χ0) is 9.68. The van der Waals surface area contributed by atoms with Gasteiger partial charge in [-0.15, -0.1) is 0 Å². The van der Waals surface area contributed by atoms with Crippen LogP contribution in [-0.4, -0.2) is 43.4 Å². The highest BCUT2D eigenvalue weighted by atomic mass is 32.2. The zero-order valence-corrected chi connectivity index (χ0v) is 8.80. The van der Waals surface area contributed by atoms with Crippen molar-refractivity contribution in [1.82, 2.24) is 4.90 Å². The quantitative estimate of drug-likeness (QED) is 0.379. The predicted octanol–water partition coefficient (Wildman–Crippen LogP) is 1.17. The number of hydrogen-bond donors (Lipinski definition) is 0. The van der Waals surface area contributed by atoms with Crippen molar-refractivity contribution in [3.05, 3.63) is 11.0 Å². The van der Waals surface area contributed by atoms with Gasteiger partial charge in [-0.3, -0.25) is 9.79 Å². The Kier molecular flexibility index (Phi) is 4.18. The van der Waals surface area contributed by atoms with Crippen molar-refractivity contribution < 1.29 is 4.79 Å². The molecule has 0 aromatic carbocycles. The predicted molar refractivity (Wildman–Crippen MR) is 57.2 cm³/mol. The summed E-state index contributed by atoms with van der Waals surface area (Å²) < 4.78 is 0. The molecule has 1 aliphatic heterocycles. The Morgan fingerprint density at radius 1 is 1.77 bits per heavy atom. The van der Waals surface area contributed by atoms with E-state index in [4.69, 9.17) is 0 Å². The maximum Gasteiger partial charge on any atom is 0.174 e. The molecule has 0 amide bonds. The molecular weight excluding hydrogens is 184 g/mol. The average Bonchev–Trinajstić information content (AvgIpc) is 2.14.